The van der Waals surface area contributed by atoms with Crippen LogP contribution in [0.4, 0.5) is 0 Å². The van der Waals surface area contributed by atoms with Gasteiger partial charge in [-0.15, -0.1) is 0 Å². The van der Waals surface area contributed by atoms with Crippen LogP contribution in [0.25, 0.3) is 11.3 Å². The van der Waals surface area contributed by atoms with Crippen LogP contribution < -0.4 is 20.5 Å². The fraction of sp³-hybridized carbons (Fsp3) is 0.308. The molecule has 11 nitrogen and oxygen atoms in total. The first-order chi connectivity index (χ1) is 25.1. The number of carbonyl (C=O) groups is 1. The predicted molar refractivity (Wildman–Crippen MR) is 196 cm³/mol. The standard InChI is InChI=1S/C39H42N6O5S/c46-38(42-22-19-40-20-23-42)37-36(31-11-3-1-4-12-31)45(32-13-9-21-43(29-32)51(48)35-16-5-2-6-17-35)39(47)44(37)28-30-10-7-14-33(26-30)49-24-25-50-34-15-8-18-41-27-34/h1-8,10-12,14-18,26-27,32,40H,9,13,19-25,28-29H2. The van der Waals surface area contributed by atoms with E-state index in [1.54, 1.807) is 21.5 Å². The number of imidazole rings is 1. The summed E-state index contributed by atoms with van der Waals surface area (Å²) in [6.07, 6.45) is 4.83. The lowest BCUT2D eigenvalue weighted by molar-refractivity contribution is 0.0725. The van der Waals surface area contributed by atoms with Gasteiger partial charge >= 0.3 is 5.69 Å². The van der Waals surface area contributed by atoms with Crippen LogP contribution in [-0.2, 0) is 17.5 Å². The van der Waals surface area contributed by atoms with Crippen molar-refractivity contribution in [3.8, 4) is 22.8 Å². The molecule has 0 aliphatic carbocycles. The van der Waals surface area contributed by atoms with Crippen molar-refractivity contribution < 1.29 is 18.5 Å². The molecule has 4 heterocycles. The fourth-order valence-corrected chi connectivity index (χ4v) is 8.08. The summed E-state index contributed by atoms with van der Waals surface area (Å²) < 4.78 is 30.8. The van der Waals surface area contributed by atoms with Crippen molar-refractivity contribution in [2.24, 2.45) is 0 Å². The zero-order valence-electron chi connectivity index (χ0n) is 28.4. The minimum absolute atomic E-state index is 0.174. The van der Waals surface area contributed by atoms with Gasteiger partial charge in [0.05, 0.1) is 29.4 Å². The summed E-state index contributed by atoms with van der Waals surface area (Å²) in [5.74, 6) is 1.13. The third-order valence-corrected chi connectivity index (χ3v) is 10.7. The van der Waals surface area contributed by atoms with E-state index in [0.717, 1.165) is 28.9 Å². The van der Waals surface area contributed by atoms with Gasteiger partial charge in [0.1, 0.15) is 41.4 Å². The maximum atomic E-state index is 14.8. The van der Waals surface area contributed by atoms with Crippen LogP contribution in [0.1, 0.15) is 34.9 Å². The number of benzene rings is 3. The smallest absolute Gasteiger partial charge is 0.329 e. The van der Waals surface area contributed by atoms with E-state index in [2.05, 4.69) is 10.3 Å². The van der Waals surface area contributed by atoms with Crippen LogP contribution in [0.5, 0.6) is 11.5 Å². The Kier molecular flexibility index (Phi) is 11.0. The molecule has 2 aliphatic rings. The highest BCUT2D eigenvalue weighted by Gasteiger charge is 2.35. The van der Waals surface area contributed by atoms with Crippen LogP contribution in [0.15, 0.2) is 119 Å². The minimum atomic E-state index is -1.38. The van der Waals surface area contributed by atoms with Gasteiger partial charge < -0.3 is 19.7 Å². The summed E-state index contributed by atoms with van der Waals surface area (Å²) in [6.45, 7) is 4.37. The van der Waals surface area contributed by atoms with Crippen molar-refractivity contribution in [1.29, 1.82) is 0 Å². The van der Waals surface area contributed by atoms with E-state index in [1.807, 2.05) is 106 Å². The number of aromatic nitrogens is 3. The Hall–Kier alpha value is -5.04. The van der Waals surface area contributed by atoms with E-state index in [1.165, 1.54) is 0 Å². The maximum absolute atomic E-state index is 14.8. The van der Waals surface area contributed by atoms with Gasteiger partial charge in [-0.05, 0) is 54.8 Å². The third kappa shape index (κ3) is 7.98. The molecule has 1 amide bonds. The van der Waals surface area contributed by atoms with Gasteiger partial charge in [0, 0.05) is 51.0 Å². The minimum Gasteiger partial charge on any atom is -0.490 e. The highest BCUT2D eigenvalue weighted by molar-refractivity contribution is 7.82. The van der Waals surface area contributed by atoms with Crippen molar-refractivity contribution in [2.75, 3.05) is 52.5 Å². The van der Waals surface area contributed by atoms with Crippen LogP contribution in [-0.4, -0.2) is 85.9 Å². The second kappa shape index (κ2) is 16.3. The molecule has 264 valence electrons. The molecule has 51 heavy (non-hydrogen) atoms. The van der Waals surface area contributed by atoms with Crippen molar-refractivity contribution in [1.82, 2.24) is 28.6 Å². The van der Waals surface area contributed by atoms with Crippen LogP contribution in [0.2, 0.25) is 0 Å². The highest BCUT2D eigenvalue weighted by Crippen LogP contribution is 2.32. The number of carbonyl (C=O) groups excluding carboxylic acids is 1. The molecule has 0 spiro atoms. The molecule has 2 aromatic heterocycles. The molecule has 2 fully saturated rings. The molecule has 2 saturated heterocycles. The van der Waals surface area contributed by atoms with Gasteiger partial charge in [-0.2, -0.15) is 0 Å². The first kappa shape index (κ1) is 34.4. The Bertz CT molecular complexity index is 2000. The largest absolute Gasteiger partial charge is 0.490 e. The average molecular weight is 707 g/mol. The van der Waals surface area contributed by atoms with Gasteiger partial charge in [-0.3, -0.25) is 18.9 Å². The summed E-state index contributed by atoms with van der Waals surface area (Å²) in [4.78, 5) is 36.1. The molecule has 1 N–H and O–H groups in total. The Morgan fingerprint density at radius 3 is 2.33 bits per heavy atom. The second-order valence-corrected chi connectivity index (χ2v) is 14.1. The van der Waals surface area contributed by atoms with E-state index in [9.17, 15) is 13.8 Å². The molecule has 7 rings (SSSR count). The first-order valence-corrected chi connectivity index (χ1v) is 18.5. The number of rotatable bonds is 12. The maximum Gasteiger partial charge on any atom is 0.329 e. The SMILES string of the molecule is O=C(c1c(-c2ccccc2)n(C2CCCN(S(=O)c3ccccc3)C2)c(=O)n1Cc1cccc(OCCOc2cccnc2)c1)N1CCNCC1. The van der Waals surface area contributed by atoms with E-state index in [0.29, 0.717) is 75.4 Å². The first-order valence-electron chi connectivity index (χ1n) is 17.4. The van der Waals surface area contributed by atoms with Crippen LogP contribution in [0.3, 0.4) is 0 Å². The summed E-state index contributed by atoms with van der Waals surface area (Å²) in [5.41, 5.74) is 2.32. The number of piperidine rings is 1. The average Bonchev–Trinajstić information content (AvgIpc) is 3.48. The third-order valence-electron chi connectivity index (χ3n) is 9.22. The van der Waals surface area contributed by atoms with E-state index in [4.69, 9.17) is 9.47 Å². The Labute approximate surface area is 300 Å². The van der Waals surface area contributed by atoms with Crippen molar-refractivity contribution in [2.45, 2.75) is 30.3 Å². The molecule has 3 aromatic carbocycles. The number of amides is 1. The number of hydrogen-bond donors (Lipinski definition) is 1. The summed E-state index contributed by atoms with van der Waals surface area (Å²) >= 11 is 0. The lowest BCUT2D eigenvalue weighted by Crippen LogP contribution is -2.47. The number of hydrogen-bond acceptors (Lipinski definition) is 7. The molecule has 12 heteroatoms. The number of ether oxygens (including phenoxy) is 2. The van der Waals surface area contributed by atoms with Gasteiger partial charge in [0.15, 0.2) is 0 Å². The molecule has 0 saturated carbocycles. The normalized spacial score (nSPS) is 17.2. The van der Waals surface area contributed by atoms with Crippen molar-refractivity contribution in [3.05, 3.63) is 131 Å². The summed E-state index contributed by atoms with van der Waals surface area (Å²) in [5, 5.41) is 3.33. The van der Waals surface area contributed by atoms with E-state index < -0.39 is 11.0 Å². The number of nitrogens with one attached hydrogen (secondary N) is 1. The van der Waals surface area contributed by atoms with E-state index >= 15 is 0 Å². The molecular formula is C39H42N6O5S. The Balaban J connectivity index is 1.24. The molecule has 5 aromatic rings. The highest BCUT2D eigenvalue weighted by atomic mass is 32.2. The molecule has 2 atom stereocenters. The number of piperazine rings is 1. The topological polar surface area (TPSA) is 111 Å². The lowest BCUT2D eigenvalue weighted by Gasteiger charge is -2.33. The Morgan fingerprint density at radius 2 is 1.59 bits per heavy atom. The zero-order valence-corrected chi connectivity index (χ0v) is 29.2. The second-order valence-electron chi connectivity index (χ2n) is 12.6. The number of pyridine rings is 1. The number of nitrogens with zero attached hydrogens (tertiary/aromatic N) is 5. The van der Waals surface area contributed by atoms with E-state index in [-0.39, 0.29) is 24.2 Å². The molecule has 0 radical (unpaired) electrons. The van der Waals surface area contributed by atoms with Crippen LogP contribution >= 0.6 is 0 Å². The van der Waals surface area contributed by atoms with Crippen molar-refractivity contribution in [3.63, 3.8) is 0 Å². The van der Waals surface area contributed by atoms with Crippen LogP contribution in [0, 0.1) is 0 Å². The predicted octanol–water partition coefficient (Wildman–Crippen LogP) is 4.62. The molecular weight excluding hydrogens is 665 g/mol. The fourth-order valence-electron chi connectivity index (χ4n) is 6.79. The molecule has 0 bridgehead atoms. The van der Waals surface area contributed by atoms with Gasteiger partial charge in [0.2, 0.25) is 0 Å². The van der Waals surface area contributed by atoms with Gasteiger partial charge in [-0.1, -0.05) is 60.7 Å². The summed E-state index contributed by atoms with van der Waals surface area (Å²) in [6, 6.07) is 30.1. The lowest BCUT2D eigenvalue weighted by atomic mass is 10.0. The monoisotopic (exact) mass is 706 g/mol. The summed E-state index contributed by atoms with van der Waals surface area (Å²) in [7, 11) is -1.38. The van der Waals surface area contributed by atoms with Crippen molar-refractivity contribution >= 4 is 16.9 Å². The Morgan fingerprint density at radius 1 is 0.863 bits per heavy atom. The molecule has 2 unspecified atom stereocenters. The zero-order chi connectivity index (χ0) is 35.0. The van der Waals surface area contributed by atoms with Gasteiger partial charge in [0.25, 0.3) is 5.91 Å². The molecule has 2 aliphatic heterocycles. The van der Waals surface area contributed by atoms with Gasteiger partial charge in [-0.25, -0.2) is 13.3 Å². The quantitative estimate of drug-likeness (QED) is 0.189.